The lowest BCUT2D eigenvalue weighted by Gasteiger charge is -2.38. The first-order chi connectivity index (χ1) is 13.6. The Morgan fingerprint density at radius 2 is 2.03 bits per heavy atom. The van der Waals surface area contributed by atoms with Gasteiger partial charge < -0.3 is 15.2 Å². The summed E-state index contributed by atoms with van der Waals surface area (Å²) < 4.78 is 5.24. The maximum atomic E-state index is 5.24. The molecule has 2 atom stereocenters. The Morgan fingerprint density at radius 3 is 2.66 bits per heavy atom. The van der Waals surface area contributed by atoms with E-state index in [0.29, 0.717) is 12.1 Å². The van der Waals surface area contributed by atoms with Crippen LogP contribution < -0.4 is 10.6 Å². The SMILES string of the molecule is CN=C(NCCc1c(C)noc1C)NC1CCN(Cc2ccccc2)C(C)C1.I. The predicted molar refractivity (Wildman–Crippen MR) is 129 cm³/mol. The van der Waals surface area contributed by atoms with Gasteiger partial charge in [-0.1, -0.05) is 35.5 Å². The summed E-state index contributed by atoms with van der Waals surface area (Å²) in [7, 11) is 1.83. The lowest BCUT2D eigenvalue weighted by Crippen LogP contribution is -2.51. The minimum atomic E-state index is 0. The molecule has 1 aliphatic heterocycles. The molecule has 1 saturated heterocycles. The molecule has 6 nitrogen and oxygen atoms in total. The van der Waals surface area contributed by atoms with Crippen LogP contribution in [0, 0.1) is 13.8 Å². The minimum Gasteiger partial charge on any atom is -0.361 e. The van der Waals surface area contributed by atoms with E-state index >= 15 is 0 Å². The maximum absolute atomic E-state index is 5.24. The average Bonchev–Trinajstić information content (AvgIpc) is 3.02. The molecular formula is C22H34IN5O. The molecule has 160 valence electrons. The van der Waals surface area contributed by atoms with Crippen molar-refractivity contribution in [2.75, 3.05) is 20.1 Å². The van der Waals surface area contributed by atoms with Crippen LogP contribution in [-0.4, -0.2) is 48.2 Å². The van der Waals surface area contributed by atoms with Gasteiger partial charge in [0.05, 0.1) is 5.69 Å². The highest BCUT2D eigenvalue weighted by Crippen LogP contribution is 2.20. The van der Waals surface area contributed by atoms with Crippen LogP contribution in [0.1, 0.15) is 42.3 Å². The molecule has 2 N–H and O–H groups in total. The molecule has 0 saturated carbocycles. The van der Waals surface area contributed by atoms with Gasteiger partial charge in [0.15, 0.2) is 5.96 Å². The van der Waals surface area contributed by atoms with Crippen molar-refractivity contribution in [1.29, 1.82) is 0 Å². The number of aryl methyl sites for hydroxylation is 2. The standard InChI is InChI=1S/C22H33N5O.HI/c1-16-14-20(11-13-27(16)15-19-8-6-5-7-9-19)25-22(23-4)24-12-10-21-17(2)26-28-18(21)3;/h5-9,16,20H,10-15H2,1-4H3,(H2,23,24,25);1H. The number of nitrogens with zero attached hydrogens (tertiary/aromatic N) is 3. The Bertz CT molecular complexity index is 757. The van der Waals surface area contributed by atoms with Gasteiger partial charge in [0.1, 0.15) is 5.76 Å². The molecule has 0 aliphatic carbocycles. The van der Waals surface area contributed by atoms with E-state index in [1.165, 1.54) is 11.1 Å². The number of benzene rings is 1. The third kappa shape index (κ3) is 6.70. The molecule has 0 spiro atoms. The van der Waals surface area contributed by atoms with E-state index in [2.05, 4.69) is 62.9 Å². The summed E-state index contributed by atoms with van der Waals surface area (Å²) in [6, 6.07) is 11.7. The van der Waals surface area contributed by atoms with Gasteiger partial charge in [-0.15, -0.1) is 24.0 Å². The number of halogens is 1. The number of aromatic nitrogens is 1. The third-order valence-corrected chi connectivity index (χ3v) is 5.66. The number of aliphatic imine (C=N–C) groups is 1. The van der Waals surface area contributed by atoms with Gasteiger partial charge in [0.25, 0.3) is 0 Å². The van der Waals surface area contributed by atoms with E-state index in [1.54, 1.807) is 0 Å². The van der Waals surface area contributed by atoms with Crippen LogP contribution in [0.3, 0.4) is 0 Å². The van der Waals surface area contributed by atoms with Crippen molar-refractivity contribution in [1.82, 2.24) is 20.7 Å². The van der Waals surface area contributed by atoms with Crippen molar-refractivity contribution in [2.45, 2.75) is 58.7 Å². The van der Waals surface area contributed by atoms with E-state index in [-0.39, 0.29) is 24.0 Å². The molecule has 3 rings (SSSR count). The average molecular weight is 511 g/mol. The molecule has 7 heteroatoms. The molecule has 1 fully saturated rings. The second kappa shape index (κ2) is 11.5. The second-order valence-electron chi connectivity index (χ2n) is 7.72. The molecule has 2 unspecified atom stereocenters. The van der Waals surface area contributed by atoms with E-state index in [9.17, 15) is 0 Å². The van der Waals surface area contributed by atoms with Gasteiger partial charge in [0, 0.05) is 44.3 Å². The van der Waals surface area contributed by atoms with Crippen LogP contribution in [0.2, 0.25) is 0 Å². The van der Waals surface area contributed by atoms with E-state index in [4.69, 9.17) is 4.52 Å². The number of guanidine groups is 1. The zero-order valence-corrected chi connectivity index (χ0v) is 20.3. The normalized spacial score (nSPS) is 20.2. The zero-order valence-electron chi connectivity index (χ0n) is 17.9. The Morgan fingerprint density at radius 1 is 1.28 bits per heavy atom. The van der Waals surface area contributed by atoms with Crippen molar-refractivity contribution < 1.29 is 4.52 Å². The fourth-order valence-corrected chi connectivity index (χ4v) is 3.96. The van der Waals surface area contributed by atoms with Crippen LogP contribution in [0.5, 0.6) is 0 Å². The van der Waals surface area contributed by atoms with Crippen molar-refractivity contribution >= 4 is 29.9 Å². The smallest absolute Gasteiger partial charge is 0.191 e. The number of piperidine rings is 1. The lowest BCUT2D eigenvalue weighted by molar-refractivity contribution is 0.134. The molecule has 1 aliphatic rings. The second-order valence-corrected chi connectivity index (χ2v) is 7.72. The molecule has 2 aromatic rings. The van der Waals surface area contributed by atoms with Crippen molar-refractivity contribution in [3.05, 3.63) is 52.9 Å². The van der Waals surface area contributed by atoms with Gasteiger partial charge in [-0.05, 0) is 45.6 Å². The monoisotopic (exact) mass is 511 g/mol. The number of rotatable bonds is 6. The summed E-state index contributed by atoms with van der Waals surface area (Å²) in [4.78, 5) is 6.97. The summed E-state index contributed by atoms with van der Waals surface area (Å²) in [6.45, 7) is 9.22. The Labute approximate surface area is 191 Å². The Hall–Kier alpha value is -1.61. The highest BCUT2D eigenvalue weighted by Gasteiger charge is 2.26. The molecule has 1 aromatic carbocycles. The first-order valence-electron chi connectivity index (χ1n) is 10.2. The molecule has 2 heterocycles. The van der Waals surface area contributed by atoms with Gasteiger partial charge in [-0.25, -0.2) is 0 Å². The maximum Gasteiger partial charge on any atom is 0.191 e. The van der Waals surface area contributed by atoms with Crippen LogP contribution in [-0.2, 0) is 13.0 Å². The summed E-state index contributed by atoms with van der Waals surface area (Å²) in [6.07, 6.45) is 3.13. The Kier molecular flexibility index (Phi) is 9.42. The zero-order chi connectivity index (χ0) is 19.9. The summed E-state index contributed by atoms with van der Waals surface area (Å²) >= 11 is 0. The number of hydrogen-bond acceptors (Lipinski definition) is 4. The van der Waals surface area contributed by atoms with Gasteiger partial charge in [0.2, 0.25) is 0 Å². The van der Waals surface area contributed by atoms with Gasteiger partial charge >= 0.3 is 0 Å². The fourth-order valence-electron chi connectivity index (χ4n) is 3.96. The third-order valence-electron chi connectivity index (χ3n) is 5.66. The van der Waals surface area contributed by atoms with E-state index < -0.39 is 0 Å². The highest BCUT2D eigenvalue weighted by atomic mass is 127. The number of likely N-dealkylation sites (tertiary alicyclic amines) is 1. The highest BCUT2D eigenvalue weighted by molar-refractivity contribution is 14.0. The topological polar surface area (TPSA) is 65.7 Å². The summed E-state index contributed by atoms with van der Waals surface area (Å²) in [5.41, 5.74) is 3.55. The molecule has 1 aromatic heterocycles. The van der Waals surface area contributed by atoms with Crippen LogP contribution >= 0.6 is 24.0 Å². The van der Waals surface area contributed by atoms with Crippen LogP contribution in [0.25, 0.3) is 0 Å². The fraction of sp³-hybridized carbons (Fsp3) is 0.545. The molecule has 0 amide bonds. The summed E-state index contributed by atoms with van der Waals surface area (Å²) in [5, 5.41) is 11.1. The Balaban J connectivity index is 0.00000300. The van der Waals surface area contributed by atoms with Gasteiger partial charge in [-0.3, -0.25) is 9.89 Å². The first-order valence-corrected chi connectivity index (χ1v) is 10.2. The van der Waals surface area contributed by atoms with Crippen LogP contribution in [0.4, 0.5) is 0 Å². The van der Waals surface area contributed by atoms with E-state index in [1.807, 2.05) is 20.9 Å². The molecule has 0 radical (unpaired) electrons. The molecular weight excluding hydrogens is 477 g/mol. The van der Waals surface area contributed by atoms with Crippen LogP contribution in [0.15, 0.2) is 39.8 Å². The van der Waals surface area contributed by atoms with Gasteiger partial charge in [-0.2, -0.15) is 0 Å². The first kappa shape index (κ1) is 23.7. The quantitative estimate of drug-likeness (QED) is 0.352. The summed E-state index contributed by atoms with van der Waals surface area (Å²) in [5.74, 6) is 1.78. The predicted octanol–water partition coefficient (Wildman–Crippen LogP) is 3.67. The molecule has 29 heavy (non-hydrogen) atoms. The number of nitrogens with one attached hydrogen (secondary N) is 2. The van der Waals surface area contributed by atoms with Crippen molar-refractivity contribution in [2.24, 2.45) is 4.99 Å². The minimum absolute atomic E-state index is 0. The van der Waals surface area contributed by atoms with E-state index in [0.717, 1.165) is 56.3 Å². The van der Waals surface area contributed by atoms with Crippen molar-refractivity contribution in [3.8, 4) is 0 Å². The lowest BCUT2D eigenvalue weighted by atomic mass is 9.97. The molecule has 0 bridgehead atoms. The number of hydrogen-bond donors (Lipinski definition) is 2. The van der Waals surface area contributed by atoms with Crippen molar-refractivity contribution in [3.63, 3.8) is 0 Å². The largest absolute Gasteiger partial charge is 0.361 e.